The molecule has 0 aliphatic carbocycles. The molecule has 0 heterocycles. The van der Waals surface area contributed by atoms with Crippen molar-refractivity contribution in [2.45, 2.75) is 271 Å². The van der Waals surface area contributed by atoms with Crippen LogP contribution in [-0.4, -0.2) is 37.9 Å². The van der Waals surface area contributed by atoms with Gasteiger partial charge < -0.3 is 14.2 Å². The van der Waals surface area contributed by atoms with Crippen LogP contribution in [0.2, 0.25) is 0 Å². The van der Waals surface area contributed by atoms with Crippen molar-refractivity contribution in [3.05, 3.63) is 85.1 Å². The summed E-state index contributed by atoms with van der Waals surface area (Å²) < 4.78 is 17.4. The van der Waals surface area contributed by atoms with Crippen molar-refractivity contribution in [3.63, 3.8) is 0 Å². The monoisotopic (exact) mass is 919 g/mol. The van der Waals surface area contributed by atoms with Crippen LogP contribution in [0.5, 0.6) is 0 Å². The molecule has 0 N–H and O–H groups in total. The molecule has 0 rings (SSSR count). The summed E-state index contributed by atoms with van der Waals surface area (Å²) in [5, 5.41) is 0. The van der Waals surface area contributed by atoms with Gasteiger partial charge >= 0.3 is 11.9 Å². The number of ether oxygens (including phenoxy) is 3. The summed E-state index contributed by atoms with van der Waals surface area (Å²) in [4.78, 5) is 25.5. The van der Waals surface area contributed by atoms with Gasteiger partial charge in [0.05, 0.1) is 6.61 Å². The Hall–Kier alpha value is -2.92. The first kappa shape index (κ1) is 63.1. The SMILES string of the molecule is CC/C=C\C/C=C\C/C=C\C/C=C\CCCOCC(COC(=O)CCCCCCCCCCC/C=C\C/C=C\CCCCC)OC(=O)CCCCCCCCC/C=C\CCCCCCCC. The summed E-state index contributed by atoms with van der Waals surface area (Å²) in [6.45, 7) is 7.56. The summed E-state index contributed by atoms with van der Waals surface area (Å²) in [6, 6.07) is 0. The van der Waals surface area contributed by atoms with E-state index in [1.165, 1.54) is 148 Å². The molecule has 0 saturated heterocycles. The summed E-state index contributed by atoms with van der Waals surface area (Å²) in [7, 11) is 0. The van der Waals surface area contributed by atoms with Gasteiger partial charge in [0.15, 0.2) is 6.10 Å². The Balaban J connectivity index is 4.33. The standard InChI is InChI=1S/C61H106O5/c1-4-7-10-13-16-19-22-25-28-30-31-33-34-36-39-42-45-48-51-54-60(62)65-58-59(57-64-56-53-50-47-44-41-38-27-24-21-18-15-12-9-6-3)66-61(63)55-52-49-46-43-40-37-35-32-29-26-23-20-17-14-11-8-5-2/h9,12,16,18-19,21,25-29,38,44,47,59H,4-8,10-11,13-15,17,20,22-24,30-37,39-43,45-46,48-58H2,1-3H3/b12-9-,19-16-,21-18-,28-25-,29-26-,38-27-,47-44-. The molecule has 0 bridgehead atoms. The van der Waals surface area contributed by atoms with Crippen LogP contribution in [0.25, 0.3) is 0 Å². The fourth-order valence-corrected chi connectivity index (χ4v) is 7.72. The second-order valence-corrected chi connectivity index (χ2v) is 18.4. The molecular weight excluding hydrogens is 813 g/mol. The largest absolute Gasteiger partial charge is 0.462 e. The van der Waals surface area contributed by atoms with Gasteiger partial charge in [-0.25, -0.2) is 0 Å². The third-order valence-electron chi connectivity index (χ3n) is 11.9. The minimum absolute atomic E-state index is 0.0572. The van der Waals surface area contributed by atoms with Crippen molar-refractivity contribution in [2.75, 3.05) is 19.8 Å². The fraction of sp³-hybridized carbons (Fsp3) is 0.738. The van der Waals surface area contributed by atoms with E-state index in [1.54, 1.807) is 0 Å². The van der Waals surface area contributed by atoms with E-state index in [1.807, 2.05) is 0 Å². The van der Waals surface area contributed by atoms with Crippen molar-refractivity contribution in [3.8, 4) is 0 Å². The third kappa shape index (κ3) is 53.7. The van der Waals surface area contributed by atoms with Crippen LogP contribution in [0, 0.1) is 0 Å². The number of hydrogen-bond acceptors (Lipinski definition) is 5. The molecule has 5 nitrogen and oxygen atoms in total. The van der Waals surface area contributed by atoms with Crippen LogP contribution in [0.15, 0.2) is 85.1 Å². The van der Waals surface area contributed by atoms with E-state index in [-0.39, 0.29) is 25.2 Å². The minimum atomic E-state index is -0.572. The third-order valence-corrected chi connectivity index (χ3v) is 11.9. The molecule has 1 unspecified atom stereocenters. The van der Waals surface area contributed by atoms with E-state index in [0.717, 1.165) is 83.5 Å². The Bertz CT molecular complexity index is 1220. The first-order valence-corrected chi connectivity index (χ1v) is 28.1. The smallest absolute Gasteiger partial charge is 0.306 e. The highest BCUT2D eigenvalue weighted by Gasteiger charge is 2.17. The van der Waals surface area contributed by atoms with Crippen molar-refractivity contribution in [1.29, 1.82) is 0 Å². The maximum absolute atomic E-state index is 12.8. The zero-order valence-electron chi connectivity index (χ0n) is 43.7. The number of esters is 2. The molecule has 0 radical (unpaired) electrons. The molecule has 1 atom stereocenters. The average Bonchev–Trinajstić information content (AvgIpc) is 3.32. The van der Waals surface area contributed by atoms with Gasteiger partial charge in [-0.05, 0) is 109 Å². The van der Waals surface area contributed by atoms with Gasteiger partial charge in [0.2, 0.25) is 0 Å². The predicted molar refractivity (Wildman–Crippen MR) is 288 cm³/mol. The van der Waals surface area contributed by atoms with Gasteiger partial charge in [-0.1, -0.05) is 228 Å². The summed E-state index contributed by atoms with van der Waals surface area (Å²) in [5.74, 6) is -0.433. The zero-order chi connectivity index (χ0) is 47.7. The van der Waals surface area contributed by atoms with Gasteiger partial charge in [-0.3, -0.25) is 9.59 Å². The molecule has 0 fully saturated rings. The first-order chi connectivity index (χ1) is 32.6. The van der Waals surface area contributed by atoms with Crippen LogP contribution in [-0.2, 0) is 23.8 Å². The molecule has 0 saturated carbocycles. The van der Waals surface area contributed by atoms with Crippen molar-refractivity contribution >= 4 is 11.9 Å². The van der Waals surface area contributed by atoms with Crippen molar-refractivity contribution in [2.24, 2.45) is 0 Å². The Morgan fingerprint density at radius 2 is 0.682 bits per heavy atom. The number of allylic oxidation sites excluding steroid dienone is 14. The van der Waals surface area contributed by atoms with E-state index in [0.29, 0.717) is 19.4 Å². The summed E-state index contributed by atoms with van der Waals surface area (Å²) in [6.07, 6.45) is 74.7. The molecule has 0 aliphatic heterocycles. The number of hydrogen-bond donors (Lipinski definition) is 0. The molecule has 0 amide bonds. The lowest BCUT2D eigenvalue weighted by Crippen LogP contribution is -2.30. The topological polar surface area (TPSA) is 61.8 Å². The highest BCUT2D eigenvalue weighted by molar-refractivity contribution is 5.70. The molecule has 0 aromatic rings. The molecule has 0 aromatic carbocycles. The summed E-state index contributed by atoms with van der Waals surface area (Å²) in [5.41, 5.74) is 0. The zero-order valence-corrected chi connectivity index (χ0v) is 43.7. The molecule has 0 aromatic heterocycles. The quantitative estimate of drug-likeness (QED) is 0.0346. The Labute approximate surface area is 409 Å². The van der Waals surface area contributed by atoms with Gasteiger partial charge in [-0.2, -0.15) is 0 Å². The minimum Gasteiger partial charge on any atom is -0.462 e. The molecule has 380 valence electrons. The fourth-order valence-electron chi connectivity index (χ4n) is 7.72. The van der Waals surface area contributed by atoms with Gasteiger partial charge in [0, 0.05) is 19.4 Å². The van der Waals surface area contributed by atoms with E-state index in [9.17, 15) is 9.59 Å². The molecular formula is C61H106O5. The highest BCUT2D eigenvalue weighted by Crippen LogP contribution is 2.15. The van der Waals surface area contributed by atoms with Gasteiger partial charge in [0.25, 0.3) is 0 Å². The molecule has 0 aliphatic rings. The predicted octanol–water partition coefficient (Wildman–Crippen LogP) is 19.2. The van der Waals surface area contributed by atoms with Gasteiger partial charge in [0.1, 0.15) is 6.61 Å². The number of rotatable bonds is 51. The van der Waals surface area contributed by atoms with Crippen LogP contribution in [0.4, 0.5) is 0 Å². The number of unbranched alkanes of at least 4 members (excludes halogenated alkanes) is 26. The number of carbonyl (C=O) groups excluding carboxylic acids is 2. The molecule has 0 spiro atoms. The maximum Gasteiger partial charge on any atom is 0.306 e. The van der Waals surface area contributed by atoms with E-state index < -0.39 is 6.10 Å². The van der Waals surface area contributed by atoms with Crippen LogP contribution < -0.4 is 0 Å². The van der Waals surface area contributed by atoms with Crippen LogP contribution >= 0.6 is 0 Å². The number of carbonyl (C=O) groups is 2. The maximum atomic E-state index is 12.8. The lowest BCUT2D eigenvalue weighted by atomic mass is 10.1. The second kappa shape index (κ2) is 56.4. The Morgan fingerprint density at radius 1 is 0.348 bits per heavy atom. The highest BCUT2D eigenvalue weighted by atomic mass is 16.6. The first-order valence-electron chi connectivity index (χ1n) is 28.1. The normalized spacial score (nSPS) is 12.8. The van der Waals surface area contributed by atoms with Crippen molar-refractivity contribution < 1.29 is 23.8 Å². The molecule has 5 heteroatoms. The van der Waals surface area contributed by atoms with E-state index in [4.69, 9.17) is 14.2 Å². The van der Waals surface area contributed by atoms with Gasteiger partial charge in [-0.15, -0.1) is 0 Å². The van der Waals surface area contributed by atoms with Crippen molar-refractivity contribution in [1.82, 2.24) is 0 Å². The summed E-state index contributed by atoms with van der Waals surface area (Å²) >= 11 is 0. The average molecular weight is 920 g/mol. The lowest BCUT2D eigenvalue weighted by molar-refractivity contribution is -0.163. The lowest BCUT2D eigenvalue weighted by Gasteiger charge is -2.18. The second-order valence-electron chi connectivity index (χ2n) is 18.4. The van der Waals surface area contributed by atoms with Crippen LogP contribution in [0.3, 0.4) is 0 Å². The van der Waals surface area contributed by atoms with Crippen LogP contribution in [0.1, 0.15) is 265 Å². The Kier molecular flexibility index (Phi) is 53.9. The van der Waals surface area contributed by atoms with E-state index >= 15 is 0 Å². The Morgan fingerprint density at radius 3 is 1.14 bits per heavy atom. The van der Waals surface area contributed by atoms with E-state index in [2.05, 4.69) is 106 Å². The molecule has 66 heavy (non-hydrogen) atoms.